The Balaban J connectivity index is 2.23. The molecule has 1 aliphatic heterocycles. The molecule has 1 fully saturated rings. The van der Waals surface area contributed by atoms with Crippen molar-refractivity contribution < 1.29 is 19.8 Å². The lowest BCUT2D eigenvalue weighted by molar-refractivity contribution is -0.141. The molecule has 0 aromatic carbocycles. The molecule has 2 unspecified atom stereocenters. The van der Waals surface area contributed by atoms with Gasteiger partial charge < -0.3 is 15.1 Å². The second kappa shape index (κ2) is 4.09. The molecular formula is C9H10N2O4S. The highest BCUT2D eigenvalue weighted by molar-refractivity contribution is 7.13. The molecule has 2 atom stereocenters. The molecule has 0 bridgehead atoms. The van der Waals surface area contributed by atoms with Gasteiger partial charge in [-0.3, -0.25) is 4.79 Å². The Morgan fingerprint density at radius 1 is 1.44 bits per heavy atom. The van der Waals surface area contributed by atoms with Crippen molar-refractivity contribution in [1.82, 2.24) is 4.98 Å². The molecule has 0 saturated carbocycles. The summed E-state index contributed by atoms with van der Waals surface area (Å²) in [6.07, 6.45) is 1.71. The second-order valence-electron chi connectivity index (χ2n) is 3.59. The zero-order valence-electron chi connectivity index (χ0n) is 8.24. The first-order chi connectivity index (χ1) is 7.59. The van der Waals surface area contributed by atoms with Crippen molar-refractivity contribution in [2.24, 2.45) is 5.92 Å². The molecule has 0 amide bonds. The number of hydrogen-bond donors (Lipinski definition) is 2. The summed E-state index contributed by atoms with van der Waals surface area (Å²) in [5.74, 6) is -2.59. The normalized spacial score (nSPS) is 24.6. The van der Waals surface area contributed by atoms with Crippen molar-refractivity contribution in [2.45, 2.75) is 12.5 Å². The van der Waals surface area contributed by atoms with E-state index in [1.807, 2.05) is 0 Å². The van der Waals surface area contributed by atoms with Crippen LogP contribution >= 0.6 is 11.3 Å². The van der Waals surface area contributed by atoms with Crippen LogP contribution in [0, 0.1) is 5.92 Å². The molecule has 1 aliphatic rings. The van der Waals surface area contributed by atoms with Crippen LogP contribution in [0.15, 0.2) is 11.6 Å². The number of carboxylic acid groups (broad SMARTS) is 2. The third-order valence-electron chi connectivity index (χ3n) is 2.60. The van der Waals surface area contributed by atoms with Gasteiger partial charge in [-0.05, 0) is 6.42 Å². The van der Waals surface area contributed by atoms with Crippen LogP contribution in [0.25, 0.3) is 0 Å². The van der Waals surface area contributed by atoms with E-state index < -0.39 is 23.9 Å². The summed E-state index contributed by atoms with van der Waals surface area (Å²) in [5.41, 5.74) is 0. The minimum atomic E-state index is -1.00. The van der Waals surface area contributed by atoms with Gasteiger partial charge >= 0.3 is 11.9 Å². The topological polar surface area (TPSA) is 90.7 Å². The van der Waals surface area contributed by atoms with Gasteiger partial charge in [0.05, 0.1) is 5.92 Å². The molecule has 86 valence electrons. The monoisotopic (exact) mass is 242 g/mol. The van der Waals surface area contributed by atoms with Gasteiger partial charge in [-0.25, -0.2) is 9.78 Å². The van der Waals surface area contributed by atoms with Gasteiger partial charge in [-0.2, -0.15) is 0 Å². The first-order valence-electron chi connectivity index (χ1n) is 4.71. The van der Waals surface area contributed by atoms with Crippen LogP contribution in [-0.4, -0.2) is 39.7 Å². The van der Waals surface area contributed by atoms with E-state index in [0.29, 0.717) is 5.13 Å². The van der Waals surface area contributed by atoms with E-state index in [4.69, 9.17) is 10.2 Å². The molecule has 2 heterocycles. The number of aliphatic carboxylic acids is 2. The van der Waals surface area contributed by atoms with Gasteiger partial charge in [0.25, 0.3) is 0 Å². The maximum atomic E-state index is 11.0. The molecule has 7 heteroatoms. The highest BCUT2D eigenvalue weighted by atomic mass is 32.1. The second-order valence-corrected chi connectivity index (χ2v) is 4.46. The third kappa shape index (κ3) is 1.85. The fourth-order valence-corrected chi connectivity index (χ4v) is 2.52. The average Bonchev–Trinajstić information content (AvgIpc) is 2.86. The fraction of sp³-hybridized carbons (Fsp3) is 0.444. The minimum absolute atomic E-state index is 0.129. The predicted octanol–water partition coefficient (Wildman–Crippen LogP) is 0.507. The van der Waals surface area contributed by atoms with Crippen LogP contribution in [0.1, 0.15) is 6.42 Å². The van der Waals surface area contributed by atoms with E-state index in [1.165, 1.54) is 11.3 Å². The molecule has 1 aromatic rings. The number of hydrogen-bond acceptors (Lipinski definition) is 5. The summed E-state index contributed by atoms with van der Waals surface area (Å²) in [5, 5.41) is 20.2. The first-order valence-corrected chi connectivity index (χ1v) is 5.59. The van der Waals surface area contributed by atoms with Crippen LogP contribution in [0.4, 0.5) is 5.13 Å². The molecule has 6 nitrogen and oxygen atoms in total. The van der Waals surface area contributed by atoms with E-state index in [0.717, 1.165) is 0 Å². The molecule has 0 radical (unpaired) electrons. The minimum Gasteiger partial charge on any atom is -0.481 e. The van der Waals surface area contributed by atoms with E-state index in [9.17, 15) is 9.59 Å². The van der Waals surface area contributed by atoms with Crippen LogP contribution in [0.2, 0.25) is 0 Å². The highest BCUT2D eigenvalue weighted by Crippen LogP contribution is 2.30. The Morgan fingerprint density at radius 3 is 2.69 bits per heavy atom. The number of nitrogens with zero attached hydrogens (tertiary/aromatic N) is 2. The number of anilines is 1. The van der Waals surface area contributed by atoms with Crippen molar-refractivity contribution in [3.63, 3.8) is 0 Å². The number of carboxylic acids is 2. The molecule has 16 heavy (non-hydrogen) atoms. The zero-order chi connectivity index (χ0) is 11.7. The van der Waals surface area contributed by atoms with Crippen LogP contribution in [-0.2, 0) is 9.59 Å². The van der Waals surface area contributed by atoms with Gasteiger partial charge in [-0.15, -0.1) is 11.3 Å². The summed E-state index contributed by atoms with van der Waals surface area (Å²) in [4.78, 5) is 27.4. The summed E-state index contributed by atoms with van der Waals surface area (Å²) in [6, 6.07) is -0.785. The lowest BCUT2D eigenvalue weighted by atomic mass is 10.1. The number of rotatable bonds is 3. The number of thiazole rings is 1. The van der Waals surface area contributed by atoms with Crippen LogP contribution in [0.5, 0.6) is 0 Å². The lowest BCUT2D eigenvalue weighted by Crippen LogP contribution is -2.35. The van der Waals surface area contributed by atoms with Gasteiger partial charge in [0.15, 0.2) is 5.13 Å². The Morgan fingerprint density at radius 2 is 2.19 bits per heavy atom. The summed E-state index contributed by atoms with van der Waals surface area (Å²) < 4.78 is 0. The van der Waals surface area contributed by atoms with Crippen molar-refractivity contribution in [3.05, 3.63) is 11.6 Å². The summed E-state index contributed by atoms with van der Waals surface area (Å²) in [6.45, 7) is 0.208. The van der Waals surface area contributed by atoms with Gasteiger partial charge in [0, 0.05) is 18.1 Å². The Bertz CT molecular complexity index is 406. The van der Waals surface area contributed by atoms with Crippen molar-refractivity contribution in [2.75, 3.05) is 11.4 Å². The van der Waals surface area contributed by atoms with E-state index in [1.54, 1.807) is 16.5 Å². The number of aromatic nitrogens is 1. The summed E-state index contributed by atoms with van der Waals surface area (Å²) >= 11 is 1.31. The van der Waals surface area contributed by atoms with Crippen molar-refractivity contribution in [3.8, 4) is 0 Å². The molecule has 1 aromatic heterocycles. The molecule has 2 rings (SSSR count). The van der Waals surface area contributed by atoms with Gasteiger partial charge in [-0.1, -0.05) is 0 Å². The third-order valence-corrected chi connectivity index (χ3v) is 3.41. The Labute approximate surface area is 95.1 Å². The molecule has 2 N–H and O–H groups in total. The first kappa shape index (κ1) is 10.9. The van der Waals surface area contributed by atoms with Gasteiger partial charge in [0.2, 0.25) is 0 Å². The molecule has 1 saturated heterocycles. The lowest BCUT2D eigenvalue weighted by Gasteiger charge is -2.19. The zero-order valence-corrected chi connectivity index (χ0v) is 9.05. The molecule has 0 aliphatic carbocycles. The average molecular weight is 242 g/mol. The maximum Gasteiger partial charge on any atom is 0.326 e. The van der Waals surface area contributed by atoms with Crippen LogP contribution < -0.4 is 4.90 Å². The van der Waals surface area contributed by atoms with Gasteiger partial charge in [0.1, 0.15) is 6.04 Å². The molecule has 0 spiro atoms. The van der Waals surface area contributed by atoms with Crippen molar-refractivity contribution in [1.29, 1.82) is 0 Å². The Kier molecular flexibility index (Phi) is 2.78. The fourth-order valence-electron chi connectivity index (χ4n) is 1.82. The summed E-state index contributed by atoms with van der Waals surface area (Å²) in [7, 11) is 0. The number of carbonyl (C=O) groups is 2. The largest absolute Gasteiger partial charge is 0.481 e. The van der Waals surface area contributed by atoms with Crippen LogP contribution in [0.3, 0.4) is 0 Å². The van der Waals surface area contributed by atoms with Crippen molar-refractivity contribution >= 4 is 28.4 Å². The quantitative estimate of drug-likeness (QED) is 0.802. The molecular weight excluding hydrogens is 232 g/mol. The van der Waals surface area contributed by atoms with E-state index in [-0.39, 0.29) is 13.0 Å². The standard InChI is InChI=1S/C9H10N2O4S/c12-7(13)5-3-6(8(14)15)11(4-5)9-10-1-2-16-9/h1-2,5-6H,3-4H2,(H,12,13)(H,14,15). The highest BCUT2D eigenvalue weighted by Gasteiger charge is 2.41. The smallest absolute Gasteiger partial charge is 0.326 e. The van der Waals surface area contributed by atoms with E-state index >= 15 is 0 Å². The van der Waals surface area contributed by atoms with E-state index in [2.05, 4.69) is 4.98 Å². The maximum absolute atomic E-state index is 11.0. The predicted molar refractivity (Wildman–Crippen MR) is 56.6 cm³/mol. The Hall–Kier alpha value is -1.63. The SMILES string of the molecule is O=C(O)C1CC(C(=O)O)N(c2nccs2)C1.